The molecule has 0 unspecified atom stereocenters. The zero-order valence-electron chi connectivity index (χ0n) is 14.1. The van der Waals surface area contributed by atoms with Crippen LogP contribution in [0.1, 0.15) is 25.3 Å². The molecule has 3 rings (SSSR count). The van der Waals surface area contributed by atoms with Crippen LogP contribution in [0, 0.1) is 0 Å². The summed E-state index contributed by atoms with van der Waals surface area (Å²) < 4.78 is 29.2. The van der Waals surface area contributed by atoms with Crippen molar-refractivity contribution in [3.8, 4) is 5.69 Å². The van der Waals surface area contributed by atoms with E-state index in [2.05, 4.69) is 23.6 Å². The van der Waals surface area contributed by atoms with Crippen LogP contribution < -0.4 is 4.72 Å². The van der Waals surface area contributed by atoms with Gasteiger partial charge in [0.2, 0.25) is 0 Å². The van der Waals surface area contributed by atoms with E-state index in [4.69, 9.17) is 23.2 Å². The maximum atomic E-state index is 12.5. The number of rotatable bonds is 5. The lowest BCUT2D eigenvalue weighted by atomic mass is 10.0. The van der Waals surface area contributed by atoms with E-state index >= 15 is 0 Å². The van der Waals surface area contributed by atoms with Gasteiger partial charge in [-0.15, -0.1) is 0 Å². The number of halogens is 2. The highest BCUT2D eigenvalue weighted by Crippen LogP contribution is 2.25. The van der Waals surface area contributed by atoms with Gasteiger partial charge in [-0.3, -0.25) is 9.29 Å². The summed E-state index contributed by atoms with van der Waals surface area (Å²) in [5, 5.41) is 0.506. The summed E-state index contributed by atoms with van der Waals surface area (Å²) in [7, 11) is -3.65. The van der Waals surface area contributed by atoms with Crippen molar-refractivity contribution in [2.45, 2.75) is 24.7 Å². The molecule has 0 atom stereocenters. The van der Waals surface area contributed by atoms with Gasteiger partial charge in [-0.25, -0.2) is 13.4 Å². The standard InChI is InChI=1S/C18H17Cl2N3O2S/c1-12(2)13-3-9-16(10-4-13)26(24,25)22-14-5-7-15(8-6-14)23-11-21-17(19)18(23)20/h3-12,22H,1-2H3. The molecule has 3 aromatic rings. The molecule has 0 aliphatic rings. The Morgan fingerprint density at radius 3 is 2.12 bits per heavy atom. The average Bonchev–Trinajstić information content (AvgIpc) is 2.95. The SMILES string of the molecule is CC(C)c1ccc(S(=O)(=O)Nc2ccc(-n3cnc(Cl)c3Cl)cc2)cc1. The molecular formula is C18H17Cl2N3O2S. The second-order valence-electron chi connectivity index (χ2n) is 6.07. The van der Waals surface area contributed by atoms with Crippen LogP contribution in [0.4, 0.5) is 5.69 Å². The Kier molecular flexibility index (Phi) is 5.27. The number of sulfonamides is 1. The van der Waals surface area contributed by atoms with Crippen molar-refractivity contribution in [2.75, 3.05) is 4.72 Å². The first-order valence-corrected chi connectivity index (χ1v) is 10.1. The van der Waals surface area contributed by atoms with Gasteiger partial charge in [0.05, 0.1) is 4.90 Å². The van der Waals surface area contributed by atoms with Crippen LogP contribution in [0.5, 0.6) is 0 Å². The number of nitrogens with one attached hydrogen (secondary N) is 1. The summed E-state index contributed by atoms with van der Waals surface area (Å²) in [6, 6.07) is 13.6. The van der Waals surface area contributed by atoms with Crippen LogP contribution in [0.25, 0.3) is 5.69 Å². The van der Waals surface area contributed by atoms with Crippen molar-refractivity contribution in [1.29, 1.82) is 0 Å². The van der Waals surface area contributed by atoms with Crippen molar-refractivity contribution in [3.63, 3.8) is 0 Å². The molecule has 0 aliphatic heterocycles. The third kappa shape index (κ3) is 3.87. The second kappa shape index (κ2) is 7.31. The summed E-state index contributed by atoms with van der Waals surface area (Å²) in [5.41, 5.74) is 2.26. The van der Waals surface area contributed by atoms with Crippen molar-refractivity contribution >= 4 is 38.9 Å². The fraction of sp³-hybridized carbons (Fsp3) is 0.167. The predicted molar refractivity (Wildman–Crippen MR) is 105 cm³/mol. The number of benzene rings is 2. The molecular weight excluding hydrogens is 393 g/mol. The van der Waals surface area contributed by atoms with Crippen LogP contribution in [0.2, 0.25) is 10.3 Å². The van der Waals surface area contributed by atoms with Gasteiger partial charge in [0, 0.05) is 11.4 Å². The number of aromatic nitrogens is 2. The van der Waals surface area contributed by atoms with E-state index < -0.39 is 10.0 Å². The molecule has 0 bridgehead atoms. The number of anilines is 1. The van der Waals surface area contributed by atoms with Gasteiger partial charge in [0.15, 0.2) is 10.3 Å². The summed E-state index contributed by atoms with van der Waals surface area (Å²) >= 11 is 11.9. The van der Waals surface area contributed by atoms with E-state index in [-0.39, 0.29) is 10.0 Å². The van der Waals surface area contributed by atoms with Gasteiger partial charge in [0.25, 0.3) is 10.0 Å². The zero-order valence-corrected chi connectivity index (χ0v) is 16.5. The Morgan fingerprint density at radius 2 is 1.62 bits per heavy atom. The minimum atomic E-state index is -3.65. The van der Waals surface area contributed by atoms with Gasteiger partial charge in [0.1, 0.15) is 6.33 Å². The molecule has 1 aromatic heterocycles. The van der Waals surface area contributed by atoms with Gasteiger partial charge in [-0.05, 0) is 47.9 Å². The molecule has 0 saturated carbocycles. The topological polar surface area (TPSA) is 64.0 Å². The number of hydrogen-bond acceptors (Lipinski definition) is 3. The Bertz CT molecular complexity index is 1010. The molecule has 8 heteroatoms. The monoisotopic (exact) mass is 409 g/mol. The molecule has 0 radical (unpaired) electrons. The van der Waals surface area contributed by atoms with Gasteiger partial charge in [-0.2, -0.15) is 0 Å². The molecule has 0 saturated heterocycles. The highest BCUT2D eigenvalue weighted by Gasteiger charge is 2.15. The maximum absolute atomic E-state index is 12.5. The van der Waals surface area contributed by atoms with Gasteiger partial charge < -0.3 is 0 Å². The van der Waals surface area contributed by atoms with Gasteiger partial charge in [-0.1, -0.05) is 49.2 Å². The molecule has 0 fully saturated rings. The predicted octanol–water partition coefficient (Wildman–Crippen LogP) is 5.10. The molecule has 0 amide bonds. The molecule has 0 aliphatic carbocycles. The highest BCUT2D eigenvalue weighted by molar-refractivity contribution is 7.92. The maximum Gasteiger partial charge on any atom is 0.261 e. The Morgan fingerprint density at radius 1 is 1.00 bits per heavy atom. The zero-order chi connectivity index (χ0) is 18.9. The molecule has 26 heavy (non-hydrogen) atoms. The fourth-order valence-corrected chi connectivity index (χ4v) is 3.81. The lowest BCUT2D eigenvalue weighted by Gasteiger charge is -2.11. The van der Waals surface area contributed by atoms with Crippen molar-refractivity contribution in [1.82, 2.24) is 9.55 Å². The lowest BCUT2D eigenvalue weighted by Crippen LogP contribution is -2.13. The minimum Gasteiger partial charge on any atom is -0.288 e. The summed E-state index contributed by atoms with van der Waals surface area (Å²) in [5.74, 6) is 0.343. The van der Waals surface area contributed by atoms with Crippen LogP contribution in [0.15, 0.2) is 59.8 Å². The fourth-order valence-electron chi connectivity index (χ4n) is 2.43. The smallest absolute Gasteiger partial charge is 0.261 e. The van der Waals surface area contributed by atoms with E-state index in [1.54, 1.807) is 41.0 Å². The van der Waals surface area contributed by atoms with Crippen LogP contribution in [0.3, 0.4) is 0 Å². The molecule has 1 heterocycles. The van der Waals surface area contributed by atoms with E-state index in [1.807, 2.05) is 12.1 Å². The first kappa shape index (κ1) is 18.8. The second-order valence-corrected chi connectivity index (χ2v) is 8.47. The molecule has 5 nitrogen and oxygen atoms in total. The number of nitrogens with zero attached hydrogens (tertiary/aromatic N) is 2. The van der Waals surface area contributed by atoms with E-state index in [0.717, 1.165) is 11.3 Å². The first-order valence-electron chi connectivity index (χ1n) is 7.89. The molecule has 0 spiro atoms. The van der Waals surface area contributed by atoms with Crippen LogP contribution in [-0.2, 0) is 10.0 Å². The first-order chi connectivity index (χ1) is 12.3. The molecule has 1 N–H and O–H groups in total. The Hall–Kier alpha value is -2.02. The van der Waals surface area contributed by atoms with Crippen molar-refractivity contribution in [2.24, 2.45) is 0 Å². The number of hydrogen-bond donors (Lipinski definition) is 1. The summed E-state index contributed by atoms with van der Waals surface area (Å²) in [6.45, 7) is 4.12. The van der Waals surface area contributed by atoms with Crippen molar-refractivity contribution in [3.05, 3.63) is 70.7 Å². The van der Waals surface area contributed by atoms with E-state index in [9.17, 15) is 8.42 Å². The Labute approximate surface area is 162 Å². The minimum absolute atomic E-state index is 0.210. The molecule has 136 valence electrons. The third-order valence-corrected chi connectivity index (χ3v) is 6.05. The third-order valence-electron chi connectivity index (χ3n) is 3.92. The summed E-state index contributed by atoms with van der Waals surface area (Å²) in [6.07, 6.45) is 1.50. The summed E-state index contributed by atoms with van der Waals surface area (Å²) in [4.78, 5) is 4.14. The molecule has 2 aromatic carbocycles. The number of imidazole rings is 1. The van der Waals surface area contributed by atoms with Gasteiger partial charge >= 0.3 is 0 Å². The lowest BCUT2D eigenvalue weighted by molar-refractivity contribution is 0.601. The van der Waals surface area contributed by atoms with Crippen molar-refractivity contribution < 1.29 is 8.42 Å². The average molecular weight is 410 g/mol. The quantitative estimate of drug-likeness (QED) is 0.636. The normalized spacial score (nSPS) is 11.7. The van der Waals surface area contributed by atoms with E-state index in [0.29, 0.717) is 16.8 Å². The van der Waals surface area contributed by atoms with Crippen LogP contribution >= 0.6 is 23.2 Å². The van der Waals surface area contributed by atoms with E-state index in [1.165, 1.54) is 6.33 Å². The van der Waals surface area contributed by atoms with Crippen LogP contribution in [-0.4, -0.2) is 18.0 Å². The highest BCUT2D eigenvalue weighted by atomic mass is 35.5. The Balaban J connectivity index is 1.80. The largest absolute Gasteiger partial charge is 0.288 e.